The molecule has 0 atom stereocenters. The third kappa shape index (κ3) is 5.57. The molecule has 0 unspecified atom stereocenters. The van der Waals surface area contributed by atoms with Crippen molar-refractivity contribution < 1.29 is 0 Å². The zero-order valence-corrected chi connectivity index (χ0v) is 39.5. The molecule has 4 aliphatic carbocycles. The van der Waals surface area contributed by atoms with Gasteiger partial charge >= 0.3 is 0 Å². The molecule has 1 heteroatoms. The van der Waals surface area contributed by atoms with E-state index in [0.29, 0.717) is 0 Å². The summed E-state index contributed by atoms with van der Waals surface area (Å²) in [5, 5.41) is 2.65. The zero-order valence-electron chi connectivity index (χ0n) is 39.5. The van der Waals surface area contributed by atoms with Gasteiger partial charge in [0.2, 0.25) is 0 Å². The van der Waals surface area contributed by atoms with Crippen molar-refractivity contribution in [3.05, 3.63) is 218 Å². The van der Waals surface area contributed by atoms with Crippen LogP contribution in [0.5, 0.6) is 0 Å². The highest BCUT2D eigenvalue weighted by atomic mass is 15.1. The van der Waals surface area contributed by atoms with Crippen molar-refractivity contribution in [2.75, 3.05) is 4.90 Å². The van der Waals surface area contributed by atoms with E-state index in [9.17, 15) is 0 Å². The molecule has 0 fully saturated rings. The molecule has 0 bridgehead atoms. The number of fused-ring (bicyclic) bond motifs is 12. The molecule has 8 aromatic carbocycles. The van der Waals surface area contributed by atoms with E-state index < -0.39 is 0 Å². The van der Waals surface area contributed by atoms with Crippen molar-refractivity contribution in [1.29, 1.82) is 0 Å². The summed E-state index contributed by atoms with van der Waals surface area (Å²) < 4.78 is 0. The van der Waals surface area contributed by atoms with Crippen LogP contribution < -0.4 is 4.90 Å². The molecule has 12 rings (SSSR count). The number of aryl methyl sites for hydroxylation is 2. The molecule has 318 valence electrons. The molecule has 0 saturated heterocycles. The largest absolute Gasteiger partial charge is 0.310 e. The van der Waals surface area contributed by atoms with E-state index in [1.54, 1.807) is 0 Å². The number of benzene rings is 8. The maximum absolute atomic E-state index is 2.56. The molecular formula is C64H57N. The monoisotopic (exact) mass is 839 g/mol. The Morgan fingerprint density at radius 3 is 1.66 bits per heavy atom. The van der Waals surface area contributed by atoms with E-state index in [1.165, 1.54) is 128 Å². The second kappa shape index (κ2) is 13.4. The molecule has 1 nitrogen and oxygen atoms in total. The molecule has 0 spiro atoms. The highest BCUT2D eigenvalue weighted by Crippen LogP contribution is 2.59. The average molecular weight is 840 g/mol. The molecule has 8 aromatic rings. The fraction of sp³-hybridized carbons (Fsp3) is 0.219. The zero-order chi connectivity index (χ0) is 44.9. The van der Waals surface area contributed by atoms with Gasteiger partial charge in [0.25, 0.3) is 0 Å². The second-order valence-corrected chi connectivity index (χ2v) is 21.6. The van der Waals surface area contributed by atoms with Crippen LogP contribution in [0.1, 0.15) is 117 Å². The maximum atomic E-state index is 2.56. The number of allylic oxidation sites excluding steroid dienone is 2. The van der Waals surface area contributed by atoms with Crippen LogP contribution in [0.4, 0.5) is 17.1 Å². The third-order valence-electron chi connectivity index (χ3n) is 16.2. The first-order chi connectivity index (χ1) is 31.0. The van der Waals surface area contributed by atoms with E-state index in [4.69, 9.17) is 0 Å². The van der Waals surface area contributed by atoms with Gasteiger partial charge in [-0.15, -0.1) is 0 Å². The molecule has 0 N–H and O–H groups in total. The summed E-state index contributed by atoms with van der Waals surface area (Å²) in [7, 11) is 0. The first-order valence-electron chi connectivity index (χ1n) is 23.6. The molecule has 65 heavy (non-hydrogen) atoms. The summed E-state index contributed by atoms with van der Waals surface area (Å²) in [5.74, 6) is 0. The number of hydrogen-bond donors (Lipinski definition) is 0. The van der Waals surface area contributed by atoms with Crippen LogP contribution in [-0.4, -0.2) is 0 Å². The van der Waals surface area contributed by atoms with Crippen molar-refractivity contribution in [1.82, 2.24) is 0 Å². The summed E-state index contributed by atoms with van der Waals surface area (Å²) in [4.78, 5) is 2.52. The van der Waals surface area contributed by atoms with Gasteiger partial charge in [0.05, 0.1) is 0 Å². The lowest BCUT2D eigenvalue weighted by Crippen LogP contribution is -2.19. The van der Waals surface area contributed by atoms with Gasteiger partial charge in [-0.3, -0.25) is 0 Å². The first kappa shape index (κ1) is 39.9. The molecular weight excluding hydrogens is 783 g/mol. The summed E-state index contributed by atoms with van der Waals surface area (Å²) in [6, 6.07) is 55.8. The van der Waals surface area contributed by atoms with Gasteiger partial charge in [0.1, 0.15) is 0 Å². The van der Waals surface area contributed by atoms with Crippen molar-refractivity contribution in [3.63, 3.8) is 0 Å². The predicted molar refractivity (Wildman–Crippen MR) is 277 cm³/mol. The predicted octanol–water partition coefficient (Wildman–Crippen LogP) is 17.2. The summed E-state index contributed by atoms with van der Waals surface area (Å²) >= 11 is 0. The van der Waals surface area contributed by atoms with E-state index in [1.807, 2.05) is 0 Å². The Bertz CT molecular complexity index is 3440. The van der Waals surface area contributed by atoms with Gasteiger partial charge in [-0.1, -0.05) is 170 Å². The van der Waals surface area contributed by atoms with Crippen LogP contribution in [0, 0.1) is 13.8 Å². The SMILES string of the molecule is Cc1ccc(N(c2ccc3c(c2)C(C)(C)c2cc4c(cc2-3)C(C)(C)C(C=Cc2ccccc2)=C4)c2ccc3c(c2)C(C)(C)c2cc4c(cc2-3)C(C)(C)c2ccc3ccccc3c2-4)c(C)c1. The van der Waals surface area contributed by atoms with Crippen LogP contribution in [-0.2, 0) is 21.7 Å². The maximum Gasteiger partial charge on any atom is 0.0490 e. The fourth-order valence-electron chi connectivity index (χ4n) is 12.4. The standard InChI is InChI=1S/C64H57N/c1-38-20-29-59(39(2)30-38)65(44-24-26-47-49-35-53-42(32-54(49)63(7,8)55(47)33-44)31-43(61(53,3)4)23-21-40-16-12-11-13-17-40)45-25-27-48-50-36-58-51(37-57(50)64(9,10)56(48)34-45)60-46-19-15-14-18-41(46)22-28-52(60)62(58,5)6/h11-37H,1-10H3. The van der Waals surface area contributed by atoms with Crippen molar-refractivity contribution >= 4 is 40.0 Å². The smallest absolute Gasteiger partial charge is 0.0490 e. The van der Waals surface area contributed by atoms with E-state index >= 15 is 0 Å². The van der Waals surface area contributed by atoms with Gasteiger partial charge < -0.3 is 4.90 Å². The highest BCUT2D eigenvalue weighted by molar-refractivity contribution is 6.04. The summed E-state index contributed by atoms with van der Waals surface area (Å²) in [6.45, 7) is 23.7. The van der Waals surface area contributed by atoms with Crippen LogP contribution >= 0.6 is 0 Å². The minimum Gasteiger partial charge on any atom is -0.310 e. The van der Waals surface area contributed by atoms with Crippen molar-refractivity contribution in [3.8, 4) is 33.4 Å². The topological polar surface area (TPSA) is 3.24 Å². The third-order valence-corrected chi connectivity index (χ3v) is 16.2. The minimum absolute atomic E-state index is 0.0901. The number of hydrogen-bond acceptors (Lipinski definition) is 1. The normalized spacial score (nSPS) is 17.0. The minimum atomic E-state index is -0.192. The molecule has 0 amide bonds. The Balaban J connectivity index is 0.962. The lowest BCUT2D eigenvalue weighted by Gasteiger charge is -2.31. The lowest BCUT2D eigenvalue weighted by atomic mass is 9.78. The van der Waals surface area contributed by atoms with E-state index in [-0.39, 0.29) is 21.7 Å². The fourth-order valence-corrected chi connectivity index (χ4v) is 12.4. The molecule has 4 aliphatic rings. The van der Waals surface area contributed by atoms with E-state index in [0.717, 1.165) is 0 Å². The molecule has 0 radical (unpaired) electrons. The number of rotatable bonds is 5. The summed E-state index contributed by atoms with van der Waals surface area (Å²) in [6.07, 6.45) is 6.99. The lowest BCUT2D eigenvalue weighted by molar-refractivity contribution is 0.647. The molecule has 0 saturated carbocycles. The Labute approximate surface area is 385 Å². The van der Waals surface area contributed by atoms with Crippen LogP contribution in [0.25, 0.3) is 56.3 Å². The first-order valence-corrected chi connectivity index (χ1v) is 23.6. The van der Waals surface area contributed by atoms with Crippen LogP contribution in [0.15, 0.2) is 157 Å². The molecule has 0 aromatic heterocycles. The summed E-state index contributed by atoms with van der Waals surface area (Å²) in [5.41, 5.74) is 27.6. The average Bonchev–Trinajstić information content (AvgIpc) is 3.86. The number of nitrogens with zero attached hydrogens (tertiary/aromatic N) is 1. The Kier molecular flexibility index (Phi) is 8.23. The van der Waals surface area contributed by atoms with Gasteiger partial charge in [-0.05, 0) is 174 Å². The quantitative estimate of drug-likeness (QED) is 0.167. The van der Waals surface area contributed by atoms with Crippen LogP contribution in [0.2, 0.25) is 0 Å². The van der Waals surface area contributed by atoms with Gasteiger partial charge in [0, 0.05) is 38.7 Å². The van der Waals surface area contributed by atoms with Gasteiger partial charge in [-0.2, -0.15) is 0 Å². The van der Waals surface area contributed by atoms with Crippen LogP contribution in [0.3, 0.4) is 0 Å². The highest BCUT2D eigenvalue weighted by Gasteiger charge is 2.44. The molecule has 0 heterocycles. The van der Waals surface area contributed by atoms with Gasteiger partial charge in [0.15, 0.2) is 0 Å². The van der Waals surface area contributed by atoms with Crippen molar-refractivity contribution in [2.45, 2.75) is 90.9 Å². The van der Waals surface area contributed by atoms with E-state index in [2.05, 4.69) is 238 Å². The van der Waals surface area contributed by atoms with Gasteiger partial charge in [-0.25, -0.2) is 0 Å². The Hall–Kier alpha value is -6.70. The second-order valence-electron chi connectivity index (χ2n) is 21.6. The van der Waals surface area contributed by atoms with Crippen molar-refractivity contribution in [2.24, 2.45) is 0 Å². The Morgan fingerprint density at radius 1 is 0.415 bits per heavy atom. The number of anilines is 3. The molecule has 0 aliphatic heterocycles. The Morgan fingerprint density at radius 2 is 0.985 bits per heavy atom.